The summed E-state index contributed by atoms with van der Waals surface area (Å²) in [6, 6.07) is 12.2. The number of fused-ring (bicyclic) bond motifs is 2. The average Bonchev–Trinajstić information content (AvgIpc) is 3.26. The lowest BCUT2D eigenvalue weighted by molar-refractivity contribution is -0.138. The zero-order valence-electron chi connectivity index (χ0n) is 21.6. The molecule has 10 heteroatoms. The predicted octanol–water partition coefficient (Wildman–Crippen LogP) is 5.89. The van der Waals surface area contributed by atoms with E-state index in [2.05, 4.69) is 27.1 Å². The van der Waals surface area contributed by atoms with E-state index in [1.165, 1.54) is 16.8 Å². The molecule has 6 rings (SSSR count). The fraction of sp³-hybridized carbons (Fsp3) is 0.345. The minimum atomic E-state index is -4.59. The van der Waals surface area contributed by atoms with Crippen LogP contribution in [0.25, 0.3) is 22.1 Å². The second-order valence-corrected chi connectivity index (χ2v) is 10.3. The first kappa shape index (κ1) is 25.2. The first-order chi connectivity index (χ1) is 18.7. The molecule has 0 radical (unpaired) electrons. The molecule has 1 saturated carbocycles. The van der Waals surface area contributed by atoms with Crippen LogP contribution < -0.4 is 5.56 Å². The maximum Gasteiger partial charge on any atom is 0.418 e. The normalized spacial score (nSPS) is 18.2. The molecule has 0 N–H and O–H groups in total. The Morgan fingerprint density at radius 3 is 2.51 bits per heavy atom. The third-order valence-corrected chi connectivity index (χ3v) is 7.79. The van der Waals surface area contributed by atoms with Gasteiger partial charge < -0.3 is 0 Å². The van der Waals surface area contributed by atoms with Gasteiger partial charge in [-0.2, -0.15) is 18.3 Å². The summed E-state index contributed by atoms with van der Waals surface area (Å²) >= 11 is 0. The van der Waals surface area contributed by atoms with Gasteiger partial charge in [0.25, 0.3) is 5.56 Å². The number of para-hydroxylation sites is 1. The number of aromatic nitrogens is 6. The minimum absolute atomic E-state index is 0.0340. The van der Waals surface area contributed by atoms with Gasteiger partial charge in [-0.15, -0.1) is 0 Å². The van der Waals surface area contributed by atoms with E-state index in [1.807, 2.05) is 23.9 Å². The van der Waals surface area contributed by atoms with Gasteiger partial charge in [-0.3, -0.25) is 24.0 Å². The van der Waals surface area contributed by atoms with Crippen LogP contribution in [0.5, 0.6) is 0 Å². The van der Waals surface area contributed by atoms with Gasteiger partial charge in [-0.05, 0) is 62.8 Å². The highest BCUT2D eigenvalue weighted by Gasteiger charge is 2.34. The van der Waals surface area contributed by atoms with Gasteiger partial charge in [-0.25, -0.2) is 4.98 Å². The Hall–Kier alpha value is -4.08. The molecule has 5 aromatic rings. The molecule has 4 aromatic heterocycles. The Bertz CT molecular complexity index is 1750. The van der Waals surface area contributed by atoms with Crippen LogP contribution in [-0.4, -0.2) is 29.3 Å². The lowest BCUT2D eigenvalue weighted by Gasteiger charge is -2.28. The molecular weight excluding hydrogens is 505 g/mol. The van der Waals surface area contributed by atoms with Crippen molar-refractivity contribution < 1.29 is 13.2 Å². The number of aryl methyl sites for hydroxylation is 2. The van der Waals surface area contributed by atoms with Crippen LogP contribution in [0.3, 0.4) is 0 Å². The monoisotopic (exact) mass is 532 g/mol. The van der Waals surface area contributed by atoms with Crippen molar-refractivity contribution in [3.8, 4) is 0 Å². The topological polar surface area (TPSA) is 78.5 Å². The van der Waals surface area contributed by atoms with E-state index in [9.17, 15) is 18.0 Å². The minimum Gasteiger partial charge on any atom is -0.285 e. The number of hydrogen-bond acceptors (Lipinski definition) is 5. The quantitative estimate of drug-likeness (QED) is 0.288. The van der Waals surface area contributed by atoms with Crippen LogP contribution in [0.4, 0.5) is 13.2 Å². The lowest BCUT2D eigenvalue weighted by Crippen LogP contribution is -2.29. The molecule has 1 fully saturated rings. The molecule has 0 amide bonds. The SMILES string of the molecule is Cc1cnc2cc(C3CCC(c4nn(C)c5ccccc45)CC3)c(=O)n(Cc3ncccc3C(F)(F)F)c2n1. The second kappa shape index (κ2) is 9.59. The Kier molecular flexibility index (Phi) is 6.20. The van der Waals surface area contributed by atoms with Crippen molar-refractivity contribution >= 4 is 22.1 Å². The molecule has 0 saturated heterocycles. The first-order valence-electron chi connectivity index (χ1n) is 13.0. The van der Waals surface area contributed by atoms with Crippen LogP contribution in [0.15, 0.2) is 59.7 Å². The molecule has 1 aromatic carbocycles. The number of alkyl halides is 3. The van der Waals surface area contributed by atoms with Crippen LogP contribution in [0.1, 0.15) is 65.7 Å². The van der Waals surface area contributed by atoms with E-state index in [4.69, 9.17) is 5.10 Å². The van der Waals surface area contributed by atoms with Gasteiger partial charge in [-0.1, -0.05) is 18.2 Å². The number of benzene rings is 1. The molecule has 7 nitrogen and oxygen atoms in total. The summed E-state index contributed by atoms with van der Waals surface area (Å²) in [5, 5.41) is 5.95. The Balaban J connectivity index is 1.36. The highest BCUT2D eigenvalue weighted by molar-refractivity contribution is 5.82. The lowest BCUT2D eigenvalue weighted by atomic mass is 9.77. The number of nitrogens with zero attached hydrogens (tertiary/aromatic N) is 6. The van der Waals surface area contributed by atoms with Gasteiger partial charge in [0.1, 0.15) is 5.52 Å². The molecular formula is C29H27F3N6O. The number of halogens is 3. The molecule has 39 heavy (non-hydrogen) atoms. The Labute approximate surface area is 222 Å². The van der Waals surface area contributed by atoms with E-state index in [-0.39, 0.29) is 35.3 Å². The van der Waals surface area contributed by atoms with Crippen molar-refractivity contribution in [3.05, 3.63) is 93.4 Å². The standard InChI is InChI=1S/C29H27F3N6O/c1-17-15-34-23-14-21(18-9-11-19(12-10-18)26-20-6-3-4-8-25(20)37(2)36-26)28(39)38(27(23)35-17)16-24-22(29(30,31)32)7-5-13-33-24/h3-8,13-15,18-19H,9-12,16H2,1-2H3. The third-order valence-electron chi connectivity index (χ3n) is 7.79. The smallest absolute Gasteiger partial charge is 0.285 e. The largest absolute Gasteiger partial charge is 0.418 e. The summed E-state index contributed by atoms with van der Waals surface area (Å²) in [4.78, 5) is 26.8. The maximum atomic E-state index is 13.9. The van der Waals surface area contributed by atoms with Crippen LogP contribution in [-0.2, 0) is 19.8 Å². The third kappa shape index (κ3) is 4.57. The van der Waals surface area contributed by atoms with Gasteiger partial charge >= 0.3 is 6.18 Å². The molecule has 4 heterocycles. The molecule has 200 valence electrons. The number of rotatable bonds is 4. The van der Waals surface area contributed by atoms with Crippen molar-refractivity contribution in [1.82, 2.24) is 29.3 Å². The van der Waals surface area contributed by atoms with Crippen molar-refractivity contribution in [1.29, 1.82) is 0 Å². The zero-order valence-corrected chi connectivity index (χ0v) is 21.6. The molecule has 1 aliphatic rings. The molecule has 0 atom stereocenters. The summed E-state index contributed by atoms with van der Waals surface area (Å²) in [6.07, 6.45) is 1.59. The van der Waals surface area contributed by atoms with E-state index < -0.39 is 11.7 Å². The Morgan fingerprint density at radius 1 is 1.00 bits per heavy atom. The van der Waals surface area contributed by atoms with Gasteiger partial charge in [0.2, 0.25) is 0 Å². The van der Waals surface area contributed by atoms with Crippen molar-refractivity contribution in [2.75, 3.05) is 0 Å². The molecule has 0 aliphatic heterocycles. The van der Waals surface area contributed by atoms with E-state index in [1.54, 1.807) is 19.2 Å². The summed E-state index contributed by atoms with van der Waals surface area (Å²) in [5.41, 5.74) is 2.63. The first-order valence-corrected chi connectivity index (χ1v) is 13.0. The summed E-state index contributed by atoms with van der Waals surface area (Å²) in [6.45, 7) is 1.39. The van der Waals surface area contributed by atoms with Crippen LogP contribution in [0, 0.1) is 6.92 Å². The zero-order chi connectivity index (χ0) is 27.3. The molecule has 0 unspecified atom stereocenters. The highest BCUT2D eigenvalue weighted by Crippen LogP contribution is 2.41. The Morgan fingerprint density at radius 2 is 1.74 bits per heavy atom. The molecule has 0 bridgehead atoms. The number of hydrogen-bond donors (Lipinski definition) is 0. The van der Waals surface area contributed by atoms with Gasteiger partial charge in [0, 0.05) is 36.3 Å². The summed E-state index contributed by atoms with van der Waals surface area (Å²) in [5.74, 6) is 0.244. The predicted molar refractivity (Wildman–Crippen MR) is 142 cm³/mol. The summed E-state index contributed by atoms with van der Waals surface area (Å²) < 4.78 is 44.4. The maximum absolute atomic E-state index is 13.9. The van der Waals surface area contributed by atoms with Crippen molar-refractivity contribution in [2.45, 2.75) is 57.2 Å². The van der Waals surface area contributed by atoms with Crippen LogP contribution in [0.2, 0.25) is 0 Å². The molecule has 1 aliphatic carbocycles. The van der Waals surface area contributed by atoms with E-state index in [0.29, 0.717) is 16.8 Å². The van der Waals surface area contributed by atoms with E-state index in [0.717, 1.165) is 48.3 Å². The fourth-order valence-electron chi connectivity index (χ4n) is 5.87. The van der Waals surface area contributed by atoms with Gasteiger partial charge in [0.15, 0.2) is 5.65 Å². The number of pyridine rings is 2. The summed E-state index contributed by atoms with van der Waals surface area (Å²) in [7, 11) is 1.95. The van der Waals surface area contributed by atoms with Crippen molar-refractivity contribution in [2.24, 2.45) is 7.05 Å². The average molecular weight is 533 g/mol. The van der Waals surface area contributed by atoms with E-state index >= 15 is 0 Å². The fourth-order valence-corrected chi connectivity index (χ4v) is 5.87. The second-order valence-electron chi connectivity index (χ2n) is 10.3. The van der Waals surface area contributed by atoms with Crippen LogP contribution >= 0.6 is 0 Å². The highest BCUT2D eigenvalue weighted by atomic mass is 19.4. The van der Waals surface area contributed by atoms with Crippen molar-refractivity contribution in [3.63, 3.8) is 0 Å². The molecule has 0 spiro atoms. The van der Waals surface area contributed by atoms with Gasteiger partial charge in [0.05, 0.1) is 34.7 Å².